The molecule has 20 heavy (non-hydrogen) atoms. The Balaban J connectivity index is 1.88. The third-order valence-corrected chi connectivity index (χ3v) is 5.46. The van der Waals surface area contributed by atoms with E-state index in [0.29, 0.717) is 6.04 Å². The molecule has 1 heterocycles. The maximum atomic E-state index is 4.67. The standard InChI is InChI=1S/C17H21IN2/c1-2-13-7-3-6-10-17(13)20-12-14(11-19-20)15-8-4-5-9-16(15)18/h4-5,8-9,11-13,17H,2-3,6-7,10H2,1H3. The molecule has 106 valence electrons. The molecule has 0 N–H and O–H groups in total. The van der Waals surface area contributed by atoms with Gasteiger partial charge in [-0.3, -0.25) is 4.68 Å². The average molecular weight is 380 g/mol. The Hall–Kier alpha value is -0.840. The van der Waals surface area contributed by atoms with Gasteiger partial charge in [0.05, 0.1) is 12.2 Å². The second kappa shape index (κ2) is 6.29. The second-order valence-electron chi connectivity index (χ2n) is 5.71. The van der Waals surface area contributed by atoms with Crippen molar-refractivity contribution in [2.75, 3.05) is 0 Å². The summed E-state index contributed by atoms with van der Waals surface area (Å²) in [4.78, 5) is 0. The van der Waals surface area contributed by atoms with Crippen molar-refractivity contribution < 1.29 is 0 Å². The van der Waals surface area contributed by atoms with Gasteiger partial charge in [-0.2, -0.15) is 5.10 Å². The molecule has 0 aliphatic heterocycles. The normalized spacial score (nSPS) is 22.9. The van der Waals surface area contributed by atoms with Crippen LogP contribution in [0.15, 0.2) is 36.7 Å². The molecule has 1 aromatic carbocycles. The lowest BCUT2D eigenvalue weighted by Crippen LogP contribution is -2.23. The van der Waals surface area contributed by atoms with Gasteiger partial charge in [0.15, 0.2) is 0 Å². The summed E-state index contributed by atoms with van der Waals surface area (Å²) in [6.07, 6.45) is 10.9. The maximum absolute atomic E-state index is 4.67. The smallest absolute Gasteiger partial charge is 0.0568 e. The van der Waals surface area contributed by atoms with E-state index in [0.717, 1.165) is 5.92 Å². The van der Waals surface area contributed by atoms with E-state index in [4.69, 9.17) is 0 Å². The molecule has 0 saturated heterocycles. The molecule has 2 aromatic rings. The summed E-state index contributed by atoms with van der Waals surface area (Å²) in [5.41, 5.74) is 2.54. The first kappa shape index (κ1) is 14.1. The highest BCUT2D eigenvalue weighted by molar-refractivity contribution is 14.1. The molecule has 2 atom stereocenters. The molecule has 2 unspecified atom stereocenters. The van der Waals surface area contributed by atoms with E-state index in [1.807, 2.05) is 6.20 Å². The van der Waals surface area contributed by atoms with Crippen LogP contribution < -0.4 is 0 Å². The van der Waals surface area contributed by atoms with Gasteiger partial charge in [0.2, 0.25) is 0 Å². The Morgan fingerprint density at radius 3 is 2.85 bits per heavy atom. The summed E-state index contributed by atoms with van der Waals surface area (Å²) in [6, 6.07) is 9.13. The molecule has 0 spiro atoms. The number of rotatable bonds is 3. The fourth-order valence-electron chi connectivity index (χ4n) is 3.37. The molecule has 3 heteroatoms. The lowest BCUT2D eigenvalue weighted by atomic mass is 9.83. The topological polar surface area (TPSA) is 17.8 Å². The lowest BCUT2D eigenvalue weighted by molar-refractivity contribution is 0.217. The van der Waals surface area contributed by atoms with Gasteiger partial charge >= 0.3 is 0 Å². The van der Waals surface area contributed by atoms with Crippen LogP contribution in [0.1, 0.15) is 45.1 Å². The minimum absolute atomic E-state index is 0.601. The van der Waals surface area contributed by atoms with Crippen molar-refractivity contribution in [3.63, 3.8) is 0 Å². The Morgan fingerprint density at radius 1 is 1.25 bits per heavy atom. The number of hydrogen-bond acceptors (Lipinski definition) is 1. The van der Waals surface area contributed by atoms with Gasteiger partial charge in [0.1, 0.15) is 0 Å². The lowest BCUT2D eigenvalue weighted by Gasteiger charge is -2.30. The average Bonchev–Trinajstić information content (AvgIpc) is 2.97. The van der Waals surface area contributed by atoms with Crippen LogP contribution in [-0.4, -0.2) is 9.78 Å². The first-order valence-electron chi connectivity index (χ1n) is 7.58. The molecule has 1 aliphatic rings. The zero-order valence-corrected chi connectivity index (χ0v) is 14.1. The summed E-state index contributed by atoms with van der Waals surface area (Å²) >= 11 is 2.40. The quantitative estimate of drug-likeness (QED) is 0.661. The van der Waals surface area contributed by atoms with Crippen LogP contribution in [0.2, 0.25) is 0 Å². The van der Waals surface area contributed by atoms with Crippen LogP contribution in [-0.2, 0) is 0 Å². The van der Waals surface area contributed by atoms with Gasteiger partial charge in [-0.15, -0.1) is 0 Å². The van der Waals surface area contributed by atoms with Crippen LogP contribution in [0.25, 0.3) is 11.1 Å². The second-order valence-corrected chi connectivity index (χ2v) is 6.87. The van der Waals surface area contributed by atoms with Gasteiger partial charge < -0.3 is 0 Å². The molecular formula is C17H21IN2. The fourth-order valence-corrected chi connectivity index (χ4v) is 4.07. The van der Waals surface area contributed by atoms with Gasteiger partial charge in [0, 0.05) is 15.3 Å². The molecule has 1 aromatic heterocycles. The van der Waals surface area contributed by atoms with E-state index < -0.39 is 0 Å². The molecule has 0 amide bonds. The van der Waals surface area contributed by atoms with Gasteiger partial charge in [0.25, 0.3) is 0 Å². The van der Waals surface area contributed by atoms with Crippen LogP contribution in [0.3, 0.4) is 0 Å². The van der Waals surface area contributed by atoms with Crippen molar-refractivity contribution >= 4 is 22.6 Å². The van der Waals surface area contributed by atoms with E-state index in [2.05, 4.69) is 69.8 Å². The van der Waals surface area contributed by atoms with Gasteiger partial charge in [-0.05, 0) is 53.0 Å². The largest absolute Gasteiger partial charge is 0.269 e. The van der Waals surface area contributed by atoms with E-state index in [9.17, 15) is 0 Å². The van der Waals surface area contributed by atoms with Crippen LogP contribution in [0.4, 0.5) is 0 Å². The SMILES string of the molecule is CCC1CCCCC1n1cc(-c2ccccc2I)cn1. The molecule has 3 rings (SSSR count). The van der Waals surface area contributed by atoms with Gasteiger partial charge in [-0.25, -0.2) is 0 Å². The minimum Gasteiger partial charge on any atom is -0.269 e. The molecule has 1 fully saturated rings. The predicted octanol–water partition coefficient (Wildman–Crippen LogP) is 5.30. The number of hydrogen-bond donors (Lipinski definition) is 0. The van der Waals surface area contributed by atoms with Crippen LogP contribution in [0, 0.1) is 9.49 Å². The molecular weight excluding hydrogens is 359 g/mol. The number of halogens is 1. The zero-order valence-electron chi connectivity index (χ0n) is 11.9. The summed E-state index contributed by atoms with van der Waals surface area (Å²) in [5, 5.41) is 4.67. The van der Waals surface area contributed by atoms with Crippen molar-refractivity contribution in [3.8, 4) is 11.1 Å². The monoisotopic (exact) mass is 380 g/mol. The van der Waals surface area contributed by atoms with E-state index in [1.54, 1.807) is 0 Å². The van der Waals surface area contributed by atoms with E-state index >= 15 is 0 Å². The Morgan fingerprint density at radius 2 is 2.05 bits per heavy atom. The van der Waals surface area contributed by atoms with Crippen LogP contribution in [0.5, 0.6) is 0 Å². The first-order chi connectivity index (χ1) is 9.79. The van der Waals surface area contributed by atoms with E-state index in [-0.39, 0.29) is 0 Å². The Kier molecular flexibility index (Phi) is 4.44. The Bertz CT molecular complexity index is 576. The van der Waals surface area contributed by atoms with Crippen molar-refractivity contribution in [3.05, 3.63) is 40.2 Å². The molecule has 2 nitrogen and oxygen atoms in total. The number of aromatic nitrogens is 2. The molecule has 1 saturated carbocycles. The van der Waals surface area contributed by atoms with Crippen molar-refractivity contribution in [1.82, 2.24) is 9.78 Å². The Labute approximate surface area is 134 Å². The highest BCUT2D eigenvalue weighted by Gasteiger charge is 2.25. The summed E-state index contributed by atoms with van der Waals surface area (Å²) in [6.45, 7) is 2.31. The van der Waals surface area contributed by atoms with Crippen molar-refractivity contribution in [2.24, 2.45) is 5.92 Å². The minimum atomic E-state index is 0.601. The molecule has 1 aliphatic carbocycles. The summed E-state index contributed by atoms with van der Waals surface area (Å²) in [5.74, 6) is 0.798. The molecule has 0 radical (unpaired) electrons. The number of nitrogens with zero attached hydrogens (tertiary/aromatic N) is 2. The van der Waals surface area contributed by atoms with Crippen molar-refractivity contribution in [1.29, 1.82) is 0 Å². The van der Waals surface area contributed by atoms with Crippen molar-refractivity contribution in [2.45, 2.75) is 45.1 Å². The predicted molar refractivity (Wildman–Crippen MR) is 91.7 cm³/mol. The highest BCUT2D eigenvalue weighted by Crippen LogP contribution is 2.36. The molecule has 0 bridgehead atoms. The third-order valence-electron chi connectivity index (χ3n) is 4.52. The maximum Gasteiger partial charge on any atom is 0.0568 e. The van der Waals surface area contributed by atoms with E-state index in [1.165, 1.54) is 46.8 Å². The zero-order chi connectivity index (χ0) is 13.9. The van der Waals surface area contributed by atoms with Crippen LogP contribution >= 0.6 is 22.6 Å². The van der Waals surface area contributed by atoms with Gasteiger partial charge in [-0.1, -0.05) is 44.4 Å². The fraction of sp³-hybridized carbons (Fsp3) is 0.471. The third kappa shape index (κ3) is 2.78. The summed E-state index contributed by atoms with van der Waals surface area (Å²) < 4.78 is 3.52. The summed E-state index contributed by atoms with van der Waals surface area (Å²) in [7, 11) is 0. The first-order valence-corrected chi connectivity index (χ1v) is 8.66. The highest BCUT2D eigenvalue weighted by atomic mass is 127. The number of benzene rings is 1.